The van der Waals surface area contributed by atoms with Crippen LogP contribution in [0.4, 0.5) is 5.69 Å². The normalized spacial score (nSPS) is 15.7. The number of hydrogen-bond donors (Lipinski definition) is 3. The summed E-state index contributed by atoms with van der Waals surface area (Å²) in [6, 6.07) is 18.3. The summed E-state index contributed by atoms with van der Waals surface area (Å²) in [7, 11) is 3.45. The fraction of sp³-hybridized carbons (Fsp3) is 0.391. The molecule has 7 nitrogen and oxygen atoms in total. The van der Waals surface area contributed by atoms with Crippen molar-refractivity contribution in [2.24, 2.45) is 4.99 Å². The third-order valence-corrected chi connectivity index (χ3v) is 5.16. The molecule has 1 atom stereocenters. The largest absolute Gasteiger partial charge is 0.495 e. The number of rotatable bonds is 8. The van der Waals surface area contributed by atoms with Gasteiger partial charge in [-0.1, -0.05) is 42.5 Å². The predicted octanol–water partition coefficient (Wildman–Crippen LogP) is 2.76. The van der Waals surface area contributed by atoms with Gasteiger partial charge in [0.1, 0.15) is 5.75 Å². The van der Waals surface area contributed by atoms with Gasteiger partial charge in [0.25, 0.3) is 0 Å². The number of nitrogens with zero attached hydrogens (tertiary/aromatic N) is 2. The Bertz CT molecular complexity index is 847. The van der Waals surface area contributed by atoms with Crippen LogP contribution in [0.15, 0.2) is 59.6 Å². The van der Waals surface area contributed by atoms with E-state index < -0.39 is 0 Å². The molecule has 168 valence electrons. The first-order valence-electron chi connectivity index (χ1n) is 10.4. The van der Waals surface area contributed by atoms with Crippen molar-refractivity contribution in [1.82, 2.24) is 16.0 Å². The summed E-state index contributed by atoms with van der Waals surface area (Å²) in [6.45, 7) is 2.91. The molecule has 0 saturated carbocycles. The van der Waals surface area contributed by atoms with Crippen LogP contribution in [0.3, 0.4) is 0 Å². The van der Waals surface area contributed by atoms with E-state index in [1.165, 1.54) is 0 Å². The molecule has 1 aliphatic rings. The molecule has 3 rings (SSSR count). The third kappa shape index (κ3) is 7.61. The van der Waals surface area contributed by atoms with Crippen LogP contribution in [-0.4, -0.2) is 51.7 Å². The maximum absolute atomic E-state index is 12.1. The van der Waals surface area contributed by atoms with Gasteiger partial charge in [-0.2, -0.15) is 0 Å². The van der Waals surface area contributed by atoms with Crippen LogP contribution in [0.5, 0.6) is 5.75 Å². The van der Waals surface area contributed by atoms with Crippen molar-refractivity contribution >= 4 is 41.5 Å². The van der Waals surface area contributed by atoms with Crippen LogP contribution in [0.2, 0.25) is 0 Å². The molecule has 1 amide bonds. The lowest BCUT2D eigenvalue weighted by Crippen LogP contribution is -2.45. The minimum Gasteiger partial charge on any atom is -0.495 e. The molecule has 2 aromatic rings. The van der Waals surface area contributed by atoms with Crippen LogP contribution in [0, 0.1) is 0 Å². The van der Waals surface area contributed by atoms with Crippen molar-refractivity contribution in [2.45, 2.75) is 25.4 Å². The van der Waals surface area contributed by atoms with Crippen molar-refractivity contribution in [1.29, 1.82) is 0 Å². The first-order valence-corrected chi connectivity index (χ1v) is 10.4. The predicted molar refractivity (Wildman–Crippen MR) is 136 cm³/mol. The summed E-state index contributed by atoms with van der Waals surface area (Å²) < 4.78 is 5.48. The number of para-hydroxylation sites is 2. The summed E-state index contributed by atoms with van der Waals surface area (Å²) in [5.74, 6) is 1.63. The molecule has 8 heteroatoms. The topological polar surface area (TPSA) is 78.0 Å². The number of ether oxygens (including phenoxy) is 1. The molecule has 2 aromatic carbocycles. The number of amides is 1. The van der Waals surface area contributed by atoms with Gasteiger partial charge in [0, 0.05) is 45.7 Å². The van der Waals surface area contributed by atoms with E-state index in [1.807, 2.05) is 48.5 Å². The Balaban J connectivity index is 0.00000341. The zero-order chi connectivity index (χ0) is 21.2. The van der Waals surface area contributed by atoms with Crippen LogP contribution in [0.25, 0.3) is 0 Å². The first kappa shape index (κ1) is 24.8. The van der Waals surface area contributed by atoms with Crippen LogP contribution in [0.1, 0.15) is 18.4 Å². The lowest BCUT2D eigenvalue weighted by atomic mass is 10.2. The average molecular weight is 537 g/mol. The quantitative estimate of drug-likeness (QED) is 0.274. The smallest absolute Gasteiger partial charge is 0.222 e. The van der Waals surface area contributed by atoms with E-state index in [1.54, 1.807) is 14.2 Å². The fourth-order valence-electron chi connectivity index (χ4n) is 3.56. The van der Waals surface area contributed by atoms with Gasteiger partial charge in [0.05, 0.1) is 12.8 Å². The fourth-order valence-corrected chi connectivity index (χ4v) is 3.56. The molecular weight excluding hydrogens is 505 g/mol. The molecule has 1 aliphatic heterocycles. The van der Waals surface area contributed by atoms with Gasteiger partial charge in [-0.25, -0.2) is 0 Å². The number of benzene rings is 2. The molecule has 1 heterocycles. The molecule has 3 N–H and O–H groups in total. The molecule has 1 unspecified atom stereocenters. The van der Waals surface area contributed by atoms with Crippen molar-refractivity contribution in [3.63, 3.8) is 0 Å². The molecular formula is C23H32IN5O2. The van der Waals surface area contributed by atoms with Gasteiger partial charge in [-0.05, 0) is 24.1 Å². The highest BCUT2D eigenvalue weighted by Gasteiger charge is 2.25. The summed E-state index contributed by atoms with van der Waals surface area (Å²) in [6.07, 6.45) is 1.40. The van der Waals surface area contributed by atoms with E-state index >= 15 is 0 Å². The molecule has 0 bridgehead atoms. The Hall–Kier alpha value is -2.49. The number of carbonyl (C=O) groups is 1. The standard InChI is InChI=1S/C23H31N5O2.HI/c1-24-23(25-14-12-22(29)26-16-18-8-4-3-5-9-18)27-19-13-15-28(17-19)20-10-6-7-11-21(20)30-2;/h3-11,19H,12-17H2,1-2H3,(H,26,29)(H2,24,25,27);1H. The van der Waals surface area contributed by atoms with E-state index in [-0.39, 0.29) is 35.9 Å². The van der Waals surface area contributed by atoms with E-state index in [4.69, 9.17) is 4.74 Å². The summed E-state index contributed by atoms with van der Waals surface area (Å²) in [5, 5.41) is 9.64. The molecule has 1 fully saturated rings. The number of methoxy groups -OCH3 is 1. The van der Waals surface area contributed by atoms with Crippen LogP contribution >= 0.6 is 24.0 Å². The SMILES string of the molecule is CN=C(NCCC(=O)NCc1ccccc1)NC1CCN(c2ccccc2OC)C1.I. The highest BCUT2D eigenvalue weighted by molar-refractivity contribution is 14.0. The number of carbonyl (C=O) groups excluding carboxylic acids is 1. The Morgan fingerprint density at radius 2 is 1.87 bits per heavy atom. The maximum Gasteiger partial charge on any atom is 0.222 e. The first-order chi connectivity index (χ1) is 14.7. The molecule has 1 saturated heterocycles. The number of aliphatic imine (C=N–C) groups is 1. The maximum atomic E-state index is 12.1. The van der Waals surface area contributed by atoms with Crippen molar-refractivity contribution in [2.75, 3.05) is 38.7 Å². The second kappa shape index (κ2) is 13.0. The highest BCUT2D eigenvalue weighted by atomic mass is 127. The number of anilines is 1. The Morgan fingerprint density at radius 1 is 1.13 bits per heavy atom. The molecule has 0 aliphatic carbocycles. The van der Waals surface area contributed by atoms with Crippen molar-refractivity contribution in [3.05, 3.63) is 60.2 Å². The van der Waals surface area contributed by atoms with Crippen LogP contribution < -0.4 is 25.6 Å². The van der Waals surface area contributed by atoms with E-state index in [0.717, 1.165) is 42.5 Å². The molecule has 31 heavy (non-hydrogen) atoms. The third-order valence-electron chi connectivity index (χ3n) is 5.16. The van der Waals surface area contributed by atoms with Gasteiger partial charge in [-0.3, -0.25) is 9.79 Å². The second-order valence-electron chi connectivity index (χ2n) is 7.26. The number of nitrogens with one attached hydrogen (secondary N) is 3. The summed E-state index contributed by atoms with van der Waals surface area (Å²) in [4.78, 5) is 18.7. The number of guanidine groups is 1. The second-order valence-corrected chi connectivity index (χ2v) is 7.26. The minimum atomic E-state index is 0. The van der Waals surface area contributed by atoms with Gasteiger partial charge in [0.2, 0.25) is 5.91 Å². The average Bonchev–Trinajstić information content (AvgIpc) is 3.26. The Kier molecular flexibility index (Phi) is 10.4. The zero-order valence-electron chi connectivity index (χ0n) is 18.1. The van der Waals surface area contributed by atoms with Crippen molar-refractivity contribution < 1.29 is 9.53 Å². The zero-order valence-corrected chi connectivity index (χ0v) is 20.5. The molecule has 0 radical (unpaired) electrons. The Morgan fingerprint density at radius 3 is 2.61 bits per heavy atom. The van der Waals surface area contributed by atoms with Gasteiger partial charge >= 0.3 is 0 Å². The number of halogens is 1. The minimum absolute atomic E-state index is 0. The van der Waals surface area contributed by atoms with Gasteiger partial charge in [-0.15, -0.1) is 24.0 Å². The molecule has 0 aromatic heterocycles. The molecule has 0 spiro atoms. The van der Waals surface area contributed by atoms with Crippen molar-refractivity contribution in [3.8, 4) is 5.75 Å². The lowest BCUT2D eigenvalue weighted by Gasteiger charge is -2.22. The summed E-state index contributed by atoms with van der Waals surface area (Å²) >= 11 is 0. The van der Waals surface area contributed by atoms with Gasteiger partial charge < -0.3 is 25.6 Å². The van der Waals surface area contributed by atoms with E-state index in [0.29, 0.717) is 19.5 Å². The van der Waals surface area contributed by atoms with E-state index in [2.05, 4.69) is 31.9 Å². The van der Waals surface area contributed by atoms with E-state index in [9.17, 15) is 4.79 Å². The van der Waals surface area contributed by atoms with Crippen LogP contribution in [-0.2, 0) is 11.3 Å². The Labute approximate surface area is 201 Å². The summed E-state index contributed by atoms with van der Waals surface area (Å²) in [5.41, 5.74) is 2.21. The lowest BCUT2D eigenvalue weighted by molar-refractivity contribution is -0.121. The number of hydrogen-bond acceptors (Lipinski definition) is 4. The monoisotopic (exact) mass is 537 g/mol. The highest BCUT2D eigenvalue weighted by Crippen LogP contribution is 2.30. The van der Waals surface area contributed by atoms with Gasteiger partial charge in [0.15, 0.2) is 5.96 Å².